The van der Waals surface area contributed by atoms with E-state index in [-0.39, 0.29) is 0 Å². The molecule has 0 aliphatic carbocycles. The van der Waals surface area contributed by atoms with Crippen LogP contribution >= 0.6 is 0 Å². The molecule has 0 aliphatic heterocycles. The predicted molar refractivity (Wildman–Crippen MR) is 109 cm³/mol. The molecule has 0 unspecified atom stereocenters. The minimum absolute atomic E-state index is 0.325. The van der Waals surface area contributed by atoms with Gasteiger partial charge in [0.2, 0.25) is 0 Å². The minimum atomic E-state index is -5.90. The molecule has 30 heavy (non-hydrogen) atoms. The first-order chi connectivity index (χ1) is 14.1. The van der Waals surface area contributed by atoms with Crippen LogP contribution in [0.1, 0.15) is 5.56 Å². The molecule has 0 radical (unpaired) electrons. The molecule has 0 N–H and O–H groups in total. The van der Waals surface area contributed by atoms with Gasteiger partial charge in [-0.3, -0.25) is 0 Å². The van der Waals surface area contributed by atoms with Crippen LogP contribution in [0.25, 0.3) is 6.08 Å². The van der Waals surface area contributed by atoms with E-state index < -0.39 is 34.6 Å². The molecule has 0 heterocycles. The predicted octanol–water partition coefficient (Wildman–Crippen LogP) is 4.00. The molecule has 0 saturated heterocycles. The van der Waals surface area contributed by atoms with Crippen molar-refractivity contribution >= 4 is 38.3 Å². The summed E-state index contributed by atoms with van der Waals surface area (Å²) in [4.78, 5) is 1.37. The summed E-state index contributed by atoms with van der Waals surface area (Å²) in [6.45, 7) is 0. The zero-order valence-electron chi connectivity index (χ0n) is 15.3. The van der Waals surface area contributed by atoms with E-state index in [2.05, 4.69) is 0 Å². The average Bonchev–Trinajstić information content (AvgIpc) is 2.73. The topological polar surface area (TPSA) is 43.4 Å². The maximum atomic E-state index is 13.2. The molecule has 0 fully saturated rings. The van der Waals surface area contributed by atoms with Gasteiger partial charge in [0.1, 0.15) is 0 Å². The van der Waals surface area contributed by atoms with Gasteiger partial charge in [-0.1, -0.05) is 0 Å². The van der Waals surface area contributed by atoms with Gasteiger partial charge < -0.3 is 0 Å². The van der Waals surface area contributed by atoms with E-state index in [4.69, 9.17) is 3.27 Å². The van der Waals surface area contributed by atoms with Crippen LogP contribution in [0.15, 0.2) is 89.9 Å². The van der Waals surface area contributed by atoms with Gasteiger partial charge in [0.15, 0.2) is 0 Å². The molecular formula is C21H16F4O3SSe. The fourth-order valence-corrected chi connectivity index (χ4v) is 11.0. The van der Waals surface area contributed by atoms with Crippen LogP contribution in [0.2, 0.25) is 0 Å². The average molecular weight is 503 g/mol. The van der Waals surface area contributed by atoms with Gasteiger partial charge in [-0.05, 0) is 0 Å². The zero-order valence-corrected chi connectivity index (χ0v) is 17.8. The molecule has 0 spiro atoms. The molecule has 0 amide bonds. The fourth-order valence-electron chi connectivity index (χ4n) is 2.57. The zero-order chi connectivity index (χ0) is 21.8. The van der Waals surface area contributed by atoms with E-state index in [9.17, 15) is 26.0 Å². The summed E-state index contributed by atoms with van der Waals surface area (Å²) >= 11 is -4.32. The molecule has 9 heteroatoms. The normalized spacial score (nSPS) is 13.5. The standard InChI is InChI=1S/C21H16F4O3SSe/c22-18-13-11-17(12-14-18)15-16-30(19-7-3-1-4-8-19,20-9-5-2-6-10-20)28-29(26,27)21(23,24)25/h1-16H/b16-15+. The Labute approximate surface area is 174 Å². The molecular weight excluding hydrogens is 487 g/mol. The van der Waals surface area contributed by atoms with Crippen LogP contribution in [0.3, 0.4) is 0 Å². The fraction of sp³-hybridized carbons (Fsp3) is 0.0476. The van der Waals surface area contributed by atoms with Gasteiger partial charge >= 0.3 is 174 Å². The molecule has 3 nitrogen and oxygen atoms in total. The van der Waals surface area contributed by atoms with Crippen molar-refractivity contribution in [1.82, 2.24) is 0 Å². The van der Waals surface area contributed by atoms with Gasteiger partial charge in [-0.25, -0.2) is 0 Å². The van der Waals surface area contributed by atoms with Crippen LogP contribution in [0.4, 0.5) is 17.6 Å². The van der Waals surface area contributed by atoms with E-state index in [0.29, 0.717) is 14.5 Å². The summed E-state index contributed by atoms with van der Waals surface area (Å²) in [6, 6.07) is 21.1. The molecule has 3 aromatic carbocycles. The van der Waals surface area contributed by atoms with Crippen molar-refractivity contribution in [3.63, 3.8) is 0 Å². The van der Waals surface area contributed by atoms with Crippen molar-refractivity contribution in [2.45, 2.75) is 5.51 Å². The second kappa shape index (κ2) is 8.73. The van der Waals surface area contributed by atoms with Crippen LogP contribution in [-0.2, 0) is 13.4 Å². The maximum absolute atomic E-state index is 13.2. The van der Waals surface area contributed by atoms with E-state index in [0.717, 1.165) is 0 Å². The Bertz CT molecular complexity index is 1070. The number of alkyl halides is 3. The molecule has 0 aromatic heterocycles. The summed E-state index contributed by atoms with van der Waals surface area (Å²) in [7, 11) is -5.90. The van der Waals surface area contributed by atoms with Gasteiger partial charge in [-0.15, -0.1) is 0 Å². The molecule has 3 aromatic rings. The van der Waals surface area contributed by atoms with Crippen molar-refractivity contribution in [2.24, 2.45) is 0 Å². The first-order valence-corrected chi connectivity index (χ1v) is 13.3. The van der Waals surface area contributed by atoms with E-state index in [1.165, 1.54) is 59.6 Å². The van der Waals surface area contributed by atoms with Crippen LogP contribution in [0, 0.1) is 5.82 Å². The molecule has 0 bridgehead atoms. The Balaban J connectivity index is 2.25. The summed E-state index contributed by atoms with van der Waals surface area (Å²) in [5, 5.41) is 0. The van der Waals surface area contributed by atoms with Gasteiger partial charge in [0.25, 0.3) is 0 Å². The number of hydrogen-bond acceptors (Lipinski definition) is 3. The molecule has 0 atom stereocenters. The third kappa shape index (κ3) is 4.82. The number of rotatable bonds is 6. The van der Waals surface area contributed by atoms with Crippen molar-refractivity contribution in [3.05, 3.63) is 101 Å². The van der Waals surface area contributed by atoms with Crippen molar-refractivity contribution < 1.29 is 29.2 Å². The number of halogens is 4. The molecule has 0 aliphatic rings. The van der Waals surface area contributed by atoms with Crippen LogP contribution in [-0.4, -0.2) is 27.1 Å². The summed E-state index contributed by atoms with van der Waals surface area (Å²) < 4.78 is 82.8. The van der Waals surface area contributed by atoms with Crippen LogP contribution < -0.4 is 8.92 Å². The third-order valence-electron chi connectivity index (χ3n) is 3.99. The van der Waals surface area contributed by atoms with Crippen molar-refractivity contribution in [3.8, 4) is 0 Å². The van der Waals surface area contributed by atoms with Gasteiger partial charge in [0, 0.05) is 0 Å². The first kappa shape index (κ1) is 22.2. The Kier molecular flexibility index (Phi) is 6.47. The Morgan fingerprint density at radius 3 is 1.67 bits per heavy atom. The first-order valence-electron chi connectivity index (χ1n) is 8.54. The summed E-state index contributed by atoms with van der Waals surface area (Å²) in [5.74, 6) is -0.473. The molecule has 158 valence electrons. The molecule has 0 saturated carbocycles. The van der Waals surface area contributed by atoms with Gasteiger partial charge in [0.05, 0.1) is 0 Å². The SMILES string of the molecule is O=S(=O)(O[Se](/C=C/c1ccc(F)cc1)(c1ccccc1)c1ccccc1)C(F)(F)F. The monoisotopic (exact) mass is 504 g/mol. The van der Waals surface area contributed by atoms with E-state index >= 15 is 0 Å². The summed E-state index contributed by atoms with van der Waals surface area (Å²) in [5.41, 5.74) is -5.10. The Morgan fingerprint density at radius 1 is 0.767 bits per heavy atom. The Morgan fingerprint density at radius 2 is 1.23 bits per heavy atom. The van der Waals surface area contributed by atoms with Crippen molar-refractivity contribution in [1.29, 1.82) is 0 Å². The number of benzene rings is 3. The second-order valence-electron chi connectivity index (χ2n) is 6.05. The van der Waals surface area contributed by atoms with E-state index in [1.54, 1.807) is 36.4 Å². The van der Waals surface area contributed by atoms with E-state index in [1.807, 2.05) is 0 Å². The molecule has 3 rings (SSSR count). The van der Waals surface area contributed by atoms with Gasteiger partial charge in [-0.2, -0.15) is 0 Å². The van der Waals surface area contributed by atoms with Crippen LogP contribution in [0.5, 0.6) is 0 Å². The summed E-state index contributed by atoms with van der Waals surface area (Å²) in [6.07, 6.45) is 1.45. The number of hydrogen-bond donors (Lipinski definition) is 0. The second-order valence-corrected chi connectivity index (χ2v) is 13.5. The Hall–Kier alpha value is -2.45. The van der Waals surface area contributed by atoms with Crippen molar-refractivity contribution in [2.75, 3.05) is 0 Å². The quantitative estimate of drug-likeness (QED) is 0.290. The third-order valence-corrected chi connectivity index (χ3v) is 12.6.